The molecule has 5 aromatic rings. The second kappa shape index (κ2) is 8.57. The lowest BCUT2D eigenvalue weighted by molar-refractivity contribution is -0.115. The Labute approximate surface area is 194 Å². The smallest absolute Gasteiger partial charge is 0.229 e. The van der Waals surface area contributed by atoms with Crippen molar-refractivity contribution >= 4 is 45.4 Å². The molecule has 5 nitrogen and oxygen atoms in total. The van der Waals surface area contributed by atoms with Crippen LogP contribution in [-0.4, -0.2) is 20.7 Å². The van der Waals surface area contributed by atoms with E-state index in [0.717, 1.165) is 33.3 Å². The van der Waals surface area contributed by atoms with Gasteiger partial charge in [-0.15, -0.1) is 11.3 Å². The van der Waals surface area contributed by atoms with Crippen LogP contribution in [0.1, 0.15) is 11.3 Å². The Morgan fingerprint density at radius 1 is 1.06 bits per heavy atom. The minimum Gasteiger partial charge on any atom is -0.310 e. The van der Waals surface area contributed by atoms with Crippen LogP contribution < -0.4 is 5.32 Å². The first-order valence-electron chi connectivity index (χ1n) is 10.1. The lowest BCUT2D eigenvalue weighted by Crippen LogP contribution is -2.17. The normalized spacial score (nSPS) is 11.1. The van der Waals surface area contributed by atoms with Gasteiger partial charge in [0.25, 0.3) is 0 Å². The highest BCUT2D eigenvalue weighted by atomic mass is 35.5. The van der Waals surface area contributed by atoms with Gasteiger partial charge in [0.2, 0.25) is 11.0 Å². The maximum absolute atomic E-state index is 12.9. The number of nitrogens with one attached hydrogen (secondary N) is 1. The van der Waals surface area contributed by atoms with Crippen molar-refractivity contribution in [3.8, 4) is 16.4 Å². The fourth-order valence-electron chi connectivity index (χ4n) is 3.66. The summed E-state index contributed by atoms with van der Waals surface area (Å²) >= 11 is 7.46. The first-order chi connectivity index (χ1) is 15.6. The highest BCUT2D eigenvalue weighted by Crippen LogP contribution is 2.27. The number of hydrogen-bond donors (Lipinski definition) is 1. The molecule has 2 aromatic heterocycles. The zero-order chi connectivity index (χ0) is 22.1. The third-order valence-electron chi connectivity index (χ3n) is 5.14. The Hall–Kier alpha value is -3.48. The molecule has 7 heteroatoms. The number of nitrogens with zero attached hydrogens (tertiary/aromatic N) is 3. The number of fused-ring (bicyclic) bond motifs is 1. The van der Waals surface area contributed by atoms with Crippen molar-refractivity contribution in [1.29, 1.82) is 0 Å². The Balaban J connectivity index is 1.39. The Kier molecular flexibility index (Phi) is 5.47. The summed E-state index contributed by atoms with van der Waals surface area (Å²) in [5, 5.41) is 13.1. The molecule has 0 aliphatic rings. The number of aryl methyl sites for hydroxylation is 1. The summed E-state index contributed by atoms with van der Waals surface area (Å²) in [6.45, 7) is 1.89. The second-order valence-electron chi connectivity index (χ2n) is 7.47. The van der Waals surface area contributed by atoms with Gasteiger partial charge in [0.15, 0.2) is 0 Å². The van der Waals surface area contributed by atoms with E-state index in [1.807, 2.05) is 73.0 Å². The molecule has 5 rings (SSSR count). The molecular formula is C25H19ClN4OS. The molecule has 3 aromatic carbocycles. The highest BCUT2D eigenvalue weighted by Gasteiger charge is 2.15. The minimum atomic E-state index is -0.100. The number of anilines is 1. The SMILES string of the molecule is Cc1cc(NC(=O)Cc2cccc3ccccc23)n(-c2nc(-c3ccc(Cl)cc3)cs2)n1. The van der Waals surface area contributed by atoms with E-state index < -0.39 is 0 Å². The van der Waals surface area contributed by atoms with E-state index in [2.05, 4.69) is 22.5 Å². The fourth-order valence-corrected chi connectivity index (χ4v) is 4.58. The van der Waals surface area contributed by atoms with Gasteiger partial charge in [0.1, 0.15) is 5.82 Å². The van der Waals surface area contributed by atoms with Gasteiger partial charge >= 0.3 is 0 Å². The van der Waals surface area contributed by atoms with E-state index in [4.69, 9.17) is 16.6 Å². The van der Waals surface area contributed by atoms with Crippen LogP contribution in [-0.2, 0) is 11.2 Å². The first-order valence-corrected chi connectivity index (χ1v) is 11.4. The van der Waals surface area contributed by atoms with Crippen LogP contribution in [0.2, 0.25) is 5.02 Å². The van der Waals surface area contributed by atoms with Crippen molar-refractivity contribution in [1.82, 2.24) is 14.8 Å². The van der Waals surface area contributed by atoms with E-state index in [-0.39, 0.29) is 12.3 Å². The van der Waals surface area contributed by atoms with E-state index in [1.165, 1.54) is 11.3 Å². The predicted octanol–water partition coefficient (Wildman–Crippen LogP) is 6.29. The summed E-state index contributed by atoms with van der Waals surface area (Å²) in [5.41, 5.74) is 3.60. The maximum atomic E-state index is 12.9. The Morgan fingerprint density at radius 3 is 2.69 bits per heavy atom. The number of halogens is 1. The van der Waals surface area contributed by atoms with Gasteiger partial charge in [-0.25, -0.2) is 4.98 Å². The number of carbonyl (C=O) groups excluding carboxylic acids is 1. The molecule has 0 spiro atoms. The molecular weight excluding hydrogens is 440 g/mol. The monoisotopic (exact) mass is 458 g/mol. The van der Waals surface area contributed by atoms with Gasteiger partial charge < -0.3 is 5.32 Å². The molecule has 0 saturated heterocycles. The summed E-state index contributed by atoms with van der Waals surface area (Å²) in [4.78, 5) is 17.6. The Morgan fingerprint density at radius 2 is 1.84 bits per heavy atom. The zero-order valence-corrected chi connectivity index (χ0v) is 18.8. The maximum Gasteiger partial charge on any atom is 0.229 e. The molecule has 0 bridgehead atoms. The third kappa shape index (κ3) is 4.15. The number of amides is 1. The van der Waals surface area contributed by atoms with Gasteiger partial charge in [-0.1, -0.05) is 66.2 Å². The minimum absolute atomic E-state index is 0.100. The van der Waals surface area contributed by atoms with Crippen molar-refractivity contribution in [2.45, 2.75) is 13.3 Å². The van der Waals surface area contributed by atoms with Gasteiger partial charge in [0.05, 0.1) is 17.8 Å². The molecule has 0 fully saturated rings. The molecule has 1 N–H and O–H groups in total. The summed E-state index contributed by atoms with van der Waals surface area (Å²) in [6, 6.07) is 23.5. The van der Waals surface area contributed by atoms with Crippen LogP contribution in [0.4, 0.5) is 5.82 Å². The predicted molar refractivity (Wildman–Crippen MR) is 131 cm³/mol. The molecule has 2 heterocycles. The molecule has 0 aliphatic carbocycles. The average molecular weight is 459 g/mol. The molecule has 0 unspecified atom stereocenters. The fraction of sp³-hybridized carbons (Fsp3) is 0.0800. The highest BCUT2D eigenvalue weighted by molar-refractivity contribution is 7.12. The van der Waals surface area contributed by atoms with Crippen LogP contribution in [0.15, 0.2) is 78.2 Å². The largest absolute Gasteiger partial charge is 0.310 e. The van der Waals surface area contributed by atoms with Gasteiger partial charge in [0, 0.05) is 22.0 Å². The van der Waals surface area contributed by atoms with Gasteiger partial charge in [-0.2, -0.15) is 9.78 Å². The summed E-state index contributed by atoms with van der Waals surface area (Å²) in [6.07, 6.45) is 0.277. The third-order valence-corrected chi connectivity index (χ3v) is 6.21. The standard InChI is InChI=1S/C25H19ClN4OS/c1-16-13-23(28-24(31)14-19-7-4-6-17-5-2-3-8-21(17)19)30(29-16)25-27-22(15-32-25)18-9-11-20(26)12-10-18/h2-13,15H,14H2,1H3,(H,28,31). The van der Waals surface area contributed by atoms with Crippen molar-refractivity contribution in [3.63, 3.8) is 0 Å². The molecule has 0 saturated carbocycles. The molecule has 0 radical (unpaired) electrons. The number of rotatable bonds is 5. The second-order valence-corrected chi connectivity index (χ2v) is 8.74. The quantitative estimate of drug-likeness (QED) is 0.336. The average Bonchev–Trinajstić information content (AvgIpc) is 3.41. The lowest BCUT2D eigenvalue weighted by Gasteiger charge is -2.09. The van der Waals surface area contributed by atoms with E-state index in [9.17, 15) is 4.79 Å². The summed E-state index contributed by atoms with van der Waals surface area (Å²) < 4.78 is 1.68. The summed E-state index contributed by atoms with van der Waals surface area (Å²) in [7, 11) is 0. The van der Waals surface area contributed by atoms with Crippen molar-refractivity contribution in [2.24, 2.45) is 0 Å². The summed E-state index contributed by atoms with van der Waals surface area (Å²) in [5.74, 6) is 0.502. The topological polar surface area (TPSA) is 59.8 Å². The zero-order valence-electron chi connectivity index (χ0n) is 17.2. The van der Waals surface area contributed by atoms with E-state index >= 15 is 0 Å². The van der Waals surface area contributed by atoms with E-state index in [1.54, 1.807) is 4.68 Å². The van der Waals surface area contributed by atoms with Crippen LogP contribution in [0.5, 0.6) is 0 Å². The van der Waals surface area contributed by atoms with Crippen molar-refractivity contribution in [3.05, 3.63) is 94.5 Å². The number of thiazole rings is 1. The molecule has 1 amide bonds. The number of hydrogen-bond acceptors (Lipinski definition) is 4. The van der Waals surface area contributed by atoms with Crippen LogP contribution in [0.25, 0.3) is 27.2 Å². The molecule has 32 heavy (non-hydrogen) atoms. The number of aromatic nitrogens is 3. The van der Waals surface area contributed by atoms with E-state index in [0.29, 0.717) is 16.0 Å². The first kappa shape index (κ1) is 20.4. The van der Waals surface area contributed by atoms with Crippen LogP contribution >= 0.6 is 22.9 Å². The molecule has 158 valence electrons. The molecule has 0 atom stereocenters. The van der Waals surface area contributed by atoms with Crippen molar-refractivity contribution < 1.29 is 4.79 Å². The Bertz CT molecular complexity index is 1420. The molecule has 0 aliphatic heterocycles. The van der Waals surface area contributed by atoms with Crippen LogP contribution in [0.3, 0.4) is 0 Å². The van der Waals surface area contributed by atoms with Crippen LogP contribution in [0, 0.1) is 6.92 Å². The van der Waals surface area contributed by atoms with Gasteiger partial charge in [-0.3, -0.25) is 4.79 Å². The van der Waals surface area contributed by atoms with Gasteiger partial charge in [-0.05, 0) is 35.4 Å². The number of benzene rings is 3. The number of carbonyl (C=O) groups is 1. The van der Waals surface area contributed by atoms with Crippen molar-refractivity contribution in [2.75, 3.05) is 5.32 Å². The lowest BCUT2D eigenvalue weighted by atomic mass is 10.0.